The van der Waals surface area contributed by atoms with Crippen LogP contribution >= 0.6 is 0 Å². The average molecular weight is 624 g/mol. The maximum absolute atomic E-state index is 14.2. The molecular weight excluding hydrogens is 582 g/mol. The minimum Gasteiger partial charge on any atom is -0.352 e. The second-order valence-corrected chi connectivity index (χ2v) is 14.1. The Labute approximate surface area is 266 Å². The van der Waals surface area contributed by atoms with E-state index in [-0.39, 0.29) is 30.8 Å². The van der Waals surface area contributed by atoms with Crippen LogP contribution in [0.4, 0.5) is 5.69 Å². The van der Waals surface area contributed by atoms with Crippen LogP contribution in [0.5, 0.6) is 0 Å². The van der Waals surface area contributed by atoms with Crippen LogP contribution < -0.4 is 9.62 Å². The van der Waals surface area contributed by atoms with Crippen molar-refractivity contribution < 1.29 is 18.0 Å². The summed E-state index contributed by atoms with van der Waals surface area (Å²) in [6.07, 6.45) is 6.12. The van der Waals surface area contributed by atoms with Crippen LogP contribution in [0, 0.1) is 6.92 Å². The highest BCUT2D eigenvalue weighted by Gasteiger charge is 2.36. The molecule has 1 atom stereocenters. The first-order valence-electron chi connectivity index (χ1n) is 16.1. The standard InChI is InChI=1S/C37H41N3O4S/c1-27-13-8-9-16-30(27)26-39(33(25-28-14-4-2-5-15-28)37(42)38-31-19-6-3-7-20-31)35(41)23-12-24-40-32-21-10-17-29-18-11-22-34(36(29)32)45(40,43)44/h2,4-5,8-11,13-18,21-22,31,33H,3,6-7,12,19-20,23-26H2,1H3,(H,38,42). The average Bonchev–Trinajstić information content (AvgIpc) is 3.27. The second-order valence-electron chi connectivity index (χ2n) is 12.3. The van der Waals surface area contributed by atoms with Gasteiger partial charge in [0, 0.05) is 37.4 Å². The zero-order valence-corrected chi connectivity index (χ0v) is 26.6. The Morgan fingerprint density at radius 2 is 1.60 bits per heavy atom. The summed E-state index contributed by atoms with van der Waals surface area (Å²) >= 11 is 0. The molecule has 4 aromatic rings. The SMILES string of the molecule is Cc1ccccc1CN(C(=O)CCCN1c2cccc3cccc(c23)S1(=O)=O)C(Cc1ccccc1)C(=O)NC1CCCCC1. The highest BCUT2D eigenvalue weighted by molar-refractivity contribution is 7.93. The summed E-state index contributed by atoms with van der Waals surface area (Å²) in [4.78, 5) is 30.3. The van der Waals surface area contributed by atoms with E-state index in [0.717, 1.165) is 53.1 Å². The molecule has 0 saturated heterocycles. The number of rotatable bonds is 11. The van der Waals surface area contributed by atoms with Gasteiger partial charge in [-0.1, -0.05) is 98.1 Å². The fraction of sp³-hybridized carbons (Fsp3) is 0.351. The van der Waals surface area contributed by atoms with E-state index in [9.17, 15) is 18.0 Å². The van der Waals surface area contributed by atoms with Gasteiger partial charge in [-0.15, -0.1) is 0 Å². The van der Waals surface area contributed by atoms with Crippen LogP contribution in [-0.2, 0) is 32.6 Å². The first-order chi connectivity index (χ1) is 21.8. The van der Waals surface area contributed by atoms with E-state index < -0.39 is 16.1 Å². The Bertz CT molecular complexity index is 1780. The van der Waals surface area contributed by atoms with Gasteiger partial charge >= 0.3 is 0 Å². The summed E-state index contributed by atoms with van der Waals surface area (Å²) in [7, 11) is -3.71. The lowest BCUT2D eigenvalue weighted by molar-refractivity contribution is -0.141. The quantitative estimate of drug-likeness (QED) is 0.206. The van der Waals surface area contributed by atoms with Crippen molar-refractivity contribution in [1.29, 1.82) is 0 Å². The molecular formula is C37H41N3O4S. The van der Waals surface area contributed by atoms with Crippen molar-refractivity contribution in [2.75, 3.05) is 10.8 Å². The molecule has 1 aliphatic heterocycles. The van der Waals surface area contributed by atoms with Crippen LogP contribution in [0.2, 0.25) is 0 Å². The van der Waals surface area contributed by atoms with Crippen LogP contribution in [0.1, 0.15) is 61.6 Å². The van der Waals surface area contributed by atoms with Gasteiger partial charge in [-0.05, 0) is 60.4 Å². The summed E-state index contributed by atoms with van der Waals surface area (Å²) in [6.45, 7) is 2.49. The molecule has 0 radical (unpaired) electrons. The fourth-order valence-electron chi connectivity index (χ4n) is 6.79. The Morgan fingerprint density at radius 1 is 0.889 bits per heavy atom. The number of nitrogens with one attached hydrogen (secondary N) is 1. The normalized spacial score (nSPS) is 16.4. The van der Waals surface area contributed by atoms with Crippen LogP contribution in [0.25, 0.3) is 10.8 Å². The number of benzene rings is 4. The second kappa shape index (κ2) is 13.4. The maximum atomic E-state index is 14.2. The number of hydrogen-bond donors (Lipinski definition) is 1. The zero-order chi connectivity index (χ0) is 31.4. The predicted molar refractivity (Wildman–Crippen MR) is 178 cm³/mol. The van der Waals surface area contributed by atoms with Gasteiger partial charge in [0.15, 0.2) is 0 Å². The summed E-state index contributed by atoms with van der Waals surface area (Å²) in [5, 5.41) is 4.90. The first-order valence-corrected chi connectivity index (χ1v) is 17.5. The molecule has 4 aromatic carbocycles. The van der Waals surface area contributed by atoms with Crippen molar-refractivity contribution >= 4 is 38.3 Å². The number of carbonyl (C=O) groups is 2. The van der Waals surface area contributed by atoms with Gasteiger partial charge in [0.1, 0.15) is 6.04 Å². The lowest BCUT2D eigenvalue weighted by Gasteiger charge is -2.34. The number of nitrogens with zero attached hydrogens (tertiary/aromatic N) is 2. The molecule has 1 aliphatic carbocycles. The van der Waals surface area contributed by atoms with Gasteiger partial charge in [0.05, 0.1) is 10.6 Å². The number of amides is 2. The van der Waals surface area contributed by atoms with Gasteiger partial charge < -0.3 is 10.2 Å². The highest BCUT2D eigenvalue weighted by Crippen LogP contribution is 2.42. The third-order valence-electron chi connectivity index (χ3n) is 9.26. The summed E-state index contributed by atoms with van der Waals surface area (Å²) in [5.74, 6) is -0.290. The van der Waals surface area contributed by atoms with Crippen molar-refractivity contribution in [3.8, 4) is 0 Å². The maximum Gasteiger partial charge on any atom is 0.265 e. The molecule has 1 saturated carbocycles. The molecule has 1 fully saturated rings. The number of aryl methyl sites for hydroxylation is 1. The van der Waals surface area contributed by atoms with E-state index in [1.807, 2.05) is 85.8 Å². The summed E-state index contributed by atoms with van der Waals surface area (Å²) in [5.41, 5.74) is 3.67. The van der Waals surface area contributed by atoms with E-state index in [2.05, 4.69) is 5.32 Å². The predicted octanol–water partition coefficient (Wildman–Crippen LogP) is 6.53. The number of sulfonamides is 1. The lowest BCUT2D eigenvalue weighted by atomic mass is 9.94. The van der Waals surface area contributed by atoms with Crippen molar-refractivity contribution in [3.05, 3.63) is 108 Å². The molecule has 2 aliphatic rings. The minimum absolute atomic E-state index is 0.115. The molecule has 1 N–H and O–H groups in total. The summed E-state index contributed by atoms with van der Waals surface area (Å²) in [6, 6.07) is 28.1. The van der Waals surface area contributed by atoms with Gasteiger partial charge in [0.25, 0.3) is 10.0 Å². The molecule has 0 aromatic heterocycles. The number of carbonyl (C=O) groups excluding carboxylic acids is 2. The van der Waals surface area contributed by atoms with Crippen LogP contribution in [-0.4, -0.2) is 43.8 Å². The van der Waals surface area contributed by atoms with Crippen LogP contribution in [0.15, 0.2) is 95.9 Å². The Kier molecular flexibility index (Phi) is 9.21. The molecule has 234 valence electrons. The summed E-state index contributed by atoms with van der Waals surface area (Å²) < 4.78 is 28.5. The zero-order valence-electron chi connectivity index (χ0n) is 25.8. The van der Waals surface area contributed by atoms with E-state index in [1.54, 1.807) is 17.0 Å². The molecule has 1 unspecified atom stereocenters. The van der Waals surface area contributed by atoms with Gasteiger partial charge in [-0.3, -0.25) is 13.9 Å². The van der Waals surface area contributed by atoms with E-state index in [1.165, 1.54) is 10.7 Å². The van der Waals surface area contributed by atoms with E-state index >= 15 is 0 Å². The lowest BCUT2D eigenvalue weighted by Crippen LogP contribution is -2.53. The largest absolute Gasteiger partial charge is 0.352 e. The molecule has 6 rings (SSSR count). The fourth-order valence-corrected chi connectivity index (χ4v) is 8.53. The van der Waals surface area contributed by atoms with Crippen molar-refractivity contribution in [2.45, 2.75) is 81.8 Å². The van der Waals surface area contributed by atoms with Crippen molar-refractivity contribution in [2.24, 2.45) is 0 Å². The van der Waals surface area contributed by atoms with Crippen molar-refractivity contribution in [1.82, 2.24) is 10.2 Å². The van der Waals surface area contributed by atoms with E-state index in [4.69, 9.17) is 0 Å². The molecule has 8 heteroatoms. The van der Waals surface area contributed by atoms with Crippen LogP contribution in [0.3, 0.4) is 0 Å². The molecule has 0 bridgehead atoms. The smallest absolute Gasteiger partial charge is 0.265 e. The molecule has 45 heavy (non-hydrogen) atoms. The number of hydrogen-bond acceptors (Lipinski definition) is 4. The highest BCUT2D eigenvalue weighted by atomic mass is 32.2. The van der Waals surface area contributed by atoms with Gasteiger partial charge in [-0.25, -0.2) is 8.42 Å². The Morgan fingerprint density at radius 3 is 2.36 bits per heavy atom. The molecule has 7 nitrogen and oxygen atoms in total. The minimum atomic E-state index is -3.71. The molecule has 1 heterocycles. The number of anilines is 1. The van der Waals surface area contributed by atoms with Gasteiger partial charge in [-0.2, -0.15) is 0 Å². The topological polar surface area (TPSA) is 86.8 Å². The monoisotopic (exact) mass is 623 g/mol. The Hall–Kier alpha value is -4.17. The third-order valence-corrected chi connectivity index (χ3v) is 11.1. The molecule has 0 spiro atoms. The van der Waals surface area contributed by atoms with E-state index in [0.29, 0.717) is 30.0 Å². The first kappa shape index (κ1) is 30.8. The Balaban J connectivity index is 1.25. The van der Waals surface area contributed by atoms with Crippen molar-refractivity contribution in [3.63, 3.8) is 0 Å². The third kappa shape index (κ3) is 6.61. The van der Waals surface area contributed by atoms with Gasteiger partial charge in [0.2, 0.25) is 11.8 Å². The molecule has 2 amide bonds.